The number of likely N-dealkylation sites (N-methyl/N-ethyl adjacent to an activating group) is 1. The van der Waals surface area contributed by atoms with Crippen LogP contribution < -0.4 is 0 Å². The standard InChI is InChI=1S/C13H15NO2/c1-14-9-7-12(8-10-14)16-13(15)11-5-3-2-4-6-11/h2-7H,8-10H2,1H3. The van der Waals surface area contributed by atoms with Crippen LogP contribution in [0.5, 0.6) is 0 Å². The van der Waals surface area contributed by atoms with Gasteiger partial charge in [-0.3, -0.25) is 0 Å². The first-order chi connectivity index (χ1) is 7.75. The number of carbonyl (C=O) groups is 1. The van der Waals surface area contributed by atoms with Crippen molar-refractivity contribution < 1.29 is 9.53 Å². The number of hydrogen-bond donors (Lipinski definition) is 0. The minimum Gasteiger partial charge on any atom is -0.428 e. The van der Waals surface area contributed by atoms with E-state index in [0.717, 1.165) is 25.3 Å². The van der Waals surface area contributed by atoms with E-state index in [0.29, 0.717) is 5.56 Å². The van der Waals surface area contributed by atoms with Gasteiger partial charge >= 0.3 is 5.97 Å². The van der Waals surface area contributed by atoms with Gasteiger partial charge in [0.15, 0.2) is 0 Å². The maximum Gasteiger partial charge on any atom is 0.343 e. The fourth-order valence-corrected chi connectivity index (χ4v) is 1.60. The molecule has 3 nitrogen and oxygen atoms in total. The molecule has 0 amide bonds. The summed E-state index contributed by atoms with van der Waals surface area (Å²) in [6, 6.07) is 9.07. The van der Waals surface area contributed by atoms with Crippen molar-refractivity contribution in [3.63, 3.8) is 0 Å². The van der Waals surface area contributed by atoms with E-state index in [4.69, 9.17) is 4.74 Å². The van der Waals surface area contributed by atoms with E-state index in [1.807, 2.05) is 31.3 Å². The molecule has 2 rings (SSSR count). The summed E-state index contributed by atoms with van der Waals surface area (Å²) in [5.74, 6) is 0.517. The third-order valence-corrected chi connectivity index (χ3v) is 2.60. The highest BCUT2D eigenvalue weighted by molar-refractivity contribution is 5.89. The minimum absolute atomic E-state index is 0.267. The van der Waals surface area contributed by atoms with Gasteiger partial charge in [-0.2, -0.15) is 0 Å². The molecule has 0 fully saturated rings. The monoisotopic (exact) mass is 217 g/mol. The van der Waals surface area contributed by atoms with Crippen LogP contribution in [0.15, 0.2) is 42.2 Å². The van der Waals surface area contributed by atoms with Gasteiger partial charge in [-0.25, -0.2) is 4.79 Å². The molecule has 0 saturated carbocycles. The number of carbonyl (C=O) groups excluding carboxylic acids is 1. The average molecular weight is 217 g/mol. The van der Waals surface area contributed by atoms with Crippen LogP contribution in [0.4, 0.5) is 0 Å². The highest BCUT2D eigenvalue weighted by atomic mass is 16.5. The Bertz CT molecular complexity index is 398. The lowest BCUT2D eigenvalue weighted by Crippen LogP contribution is -2.25. The summed E-state index contributed by atoms with van der Waals surface area (Å²) in [7, 11) is 2.05. The van der Waals surface area contributed by atoms with E-state index in [2.05, 4.69) is 4.90 Å². The van der Waals surface area contributed by atoms with Gasteiger partial charge in [-0.1, -0.05) is 18.2 Å². The Balaban J connectivity index is 1.98. The highest BCUT2D eigenvalue weighted by Gasteiger charge is 2.13. The van der Waals surface area contributed by atoms with E-state index in [1.165, 1.54) is 0 Å². The molecule has 84 valence electrons. The van der Waals surface area contributed by atoms with Gasteiger partial charge in [0.1, 0.15) is 5.76 Å². The minimum atomic E-state index is -0.267. The quantitative estimate of drug-likeness (QED) is 0.710. The van der Waals surface area contributed by atoms with Crippen LogP contribution in [-0.2, 0) is 4.74 Å². The lowest BCUT2D eigenvalue weighted by molar-refractivity contribution is 0.0600. The molecule has 0 spiro atoms. The molecule has 1 aliphatic rings. The maximum absolute atomic E-state index is 11.7. The van der Waals surface area contributed by atoms with Gasteiger partial charge in [0.05, 0.1) is 5.56 Å². The zero-order valence-electron chi connectivity index (χ0n) is 9.35. The number of ether oxygens (including phenoxy) is 1. The molecule has 3 heteroatoms. The normalized spacial score (nSPS) is 16.7. The van der Waals surface area contributed by atoms with Crippen LogP contribution in [0.25, 0.3) is 0 Å². The van der Waals surface area contributed by atoms with Crippen molar-refractivity contribution in [3.8, 4) is 0 Å². The number of esters is 1. The van der Waals surface area contributed by atoms with E-state index < -0.39 is 0 Å². The fraction of sp³-hybridized carbons (Fsp3) is 0.308. The second-order valence-electron chi connectivity index (χ2n) is 3.94. The second-order valence-corrected chi connectivity index (χ2v) is 3.94. The summed E-state index contributed by atoms with van der Waals surface area (Å²) < 4.78 is 5.32. The second kappa shape index (κ2) is 4.94. The van der Waals surface area contributed by atoms with Crippen LogP contribution in [0.1, 0.15) is 16.8 Å². The summed E-state index contributed by atoms with van der Waals surface area (Å²) in [5, 5.41) is 0. The smallest absolute Gasteiger partial charge is 0.343 e. The van der Waals surface area contributed by atoms with Crippen molar-refractivity contribution in [2.45, 2.75) is 6.42 Å². The molecule has 1 aliphatic heterocycles. The molecule has 1 aromatic carbocycles. The molecule has 16 heavy (non-hydrogen) atoms. The predicted octanol–water partition coefficient (Wildman–Crippen LogP) is 2.06. The molecule has 0 saturated heterocycles. The largest absolute Gasteiger partial charge is 0.428 e. The van der Waals surface area contributed by atoms with Crippen LogP contribution >= 0.6 is 0 Å². The first-order valence-corrected chi connectivity index (χ1v) is 5.40. The van der Waals surface area contributed by atoms with Gasteiger partial charge in [0.2, 0.25) is 0 Å². The number of rotatable bonds is 2. The molecule has 0 aromatic heterocycles. The molecule has 0 atom stereocenters. The first kappa shape index (κ1) is 10.9. The van der Waals surface area contributed by atoms with Crippen molar-refractivity contribution in [2.24, 2.45) is 0 Å². The van der Waals surface area contributed by atoms with Crippen molar-refractivity contribution in [1.82, 2.24) is 4.90 Å². The van der Waals surface area contributed by atoms with Crippen LogP contribution in [-0.4, -0.2) is 31.0 Å². The zero-order chi connectivity index (χ0) is 11.4. The van der Waals surface area contributed by atoms with Crippen molar-refractivity contribution in [2.75, 3.05) is 20.1 Å². The predicted molar refractivity (Wildman–Crippen MR) is 62.1 cm³/mol. The summed E-state index contributed by atoms with van der Waals surface area (Å²) in [5.41, 5.74) is 0.599. The van der Waals surface area contributed by atoms with Gasteiger partial charge in [0, 0.05) is 19.5 Å². The molecule has 0 radical (unpaired) electrons. The Hall–Kier alpha value is -1.61. The van der Waals surface area contributed by atoms with Crippen LogP contribution in [0, 0.1) is 0 Å². The summed E-state index contributed by atoms with van der Waals surface area (Å²) in [6.07, 6.45) is 2.76. The Kier molecular flexibility index (Phi) is 3.37. The van der Waals surface area contributed by atoms with E-state index in [-0.39, 0.29) is 5.97 Å². The molecule has 1 heterocycles. The lowest BCUT2D eigenvalue weighted by Gasteiger charge is -2.21. The Morgan fingerprint density at radius 2 is 2.06 bits per heavy atom. The maximum atomic E-state index is 11.7. The number of nitrogens with zero attached hydrogens (tertiary/aromatic N) is 1. The summed E-state index contributed by atoms with van der Waals surface area (Å²) in [4.78, 5) is 13.9. The van der Waals surface area contributed by atoms with Gasteiger partial charge < -0.3 is 9.64 Å². The zero-order valence-corrected chi connectivity index (χ0v) is 9.35. The van der Waals surface area contributed by atoms with Gasteiger partial charge in [-0.05, 0) is 25.3 Å². The molecular formula is C13H15NO2. The van der Waals surface area contributed by atoms with Crippen LogP contribution in [0.3, 0.4) is 0 Å². The van der Waals surface area contributed by atoms with E-state index in [9.17, 15) is 4.79 Å². The van der Waals surface area contributed by atoms with E-state index in [1.54, 1.807) is 12.1 Å². The van der Waals surface area contributed by atoms with Crippen LogP contribution in [0.2, 0.25) is 0 Å². The lowest BCUT2D eigenvalue weighted by atomic mass is 10.2. The topological polar surface area (TPSA) is 29.5 Å². The molecular weight excluding hydrogens is 202 g/mol. The Labute approximate surface area is 95.3 Å². The fourth-order valence-electron chi connectivity index (χ4n) is 1.60. The number of benzene rings is 1. The number of hydrogen-bond acceptors (Lipinski definition) is 3. The van der Waals surface area contributed by atoms with Gasteiger partial charge in [-0.15, -0.1) is 0 Å². The van der Waals surface area contributed by atoms with Crippen molar-refractivity contribution in [3.05, 3.63) is 47.7 Å². The van der Waals surface area contributed by atoms with E-state index >= 15 is 0 Å². The third-order valence-electron chi connectivity index (χ3n) is 2.60. The SMILES string of the molecule is CN1CC=C(OC(=O)c2ccccc2)CC1. The molecule has 0 bridgehead atoms. The molecule has 1 aromatic rings. The Morgan fingerprint density at radius 3 is 2.69 bits per heavy atom. The Morgan fingerprint density at radius 1 is 1.31 bits per heavy atom. The van der Waals surface area contributed by atoms with Gasteiger partial charge in [0.25, 0.3) is 0 Å². The highest BCUT2D eigenvalue weighted by Crippen LogP contribution is 2.13. The first-order valence-electron chi connectivity index (χ1n) is 5.40. The van der Waals surface area contributed by atoms with Crippen molar-refractivity contribution >= 4 is 5.97 Å². The molecule has 0 unspecified atom stereocenters. The summed E-state index contributed by atoms with van der Waals surface area (Å²) in [6.45, 7) is 1.78. The summed E-state index contributed by atoms with van der Waals surface area (Å²) >= 11 is 0. The molecule has 0 aliphatic carbocycles. The third kappa shape index (κ3) is 2.70. The van der Waals surface area contributed by atoms with Crippen molar-refractivity contribution in [1.29, 1.82) is 0 Å². The average Bonchev–Trinajstić information content (AvgIpc) is 2.33. The molecule has 0 N–H and O–H groups in total.